The highest BCUT2D eigenvalue weighted by Gasteiger charge is 2.25. The van der Waals surface area contributed by atoms with Gasteiger partial charge in [-0.1, -0.05) is 11.6 Å². The average Bonchev–Trinajstić information content (AvgIpc) is 2.69. The van der Waals surface area contributed by atoms with E-state index in [1.54, 1.807) is 24.3 Å². The Kier molecular flexibility index (Phi) is 6.59. The molecular formula is C20H21ClN2O5S. The van der Waals surface area contributed by atoms with E-state index in [-0.39, 0.29) is 30.2 Å². The molecule has 1 aromatic heterocycles. The predicted octanol–water partition coefficient (Wildman–Crippen LogP) is 2.76. The number of hydrogen-bond acceptors (Lipinski definition) is 5. The molecule has 0 aliphatic heterocycles. The van der Waals surface area contributed by atoms with Crippen molar-refractivity contribution < 1.29 is 18.3 Å². The maximum Gasteiger partial charge on any atom is 0.252 e. The van der Waals surface area contributed by atoms with E-state index in [2.05, 4.69) is 4.98 Å². The molecule has 0 aliphatic rings. The van der Waals surface area contributed by atoms with Gasteiger partial charge in [-0.2, -0.15) is 4.31 Å². The number of nitrogens with one attached hydrogen (secondary N) is 1. The van der Waals surface area contributed by atoms with Crippen molar-refractivity contribution in [1.82, 2.24) is 9.29 Å². The van der Waals surface area contributed by atoms with E-state index in [1.165, 1.54) is 24.3 Å². The Balaban J connectivity index is 1.99. The lowest BCUT2D eigenvalue weighted by atomic mass is 10.1. The second kappa shape index (κ2) is 8.96. The fraction of sp³-hybridized carbons (Fsp3) is 0.250. The van der Waals surface area contributed by atoms with Crippen molar-refractivity contribution in [2.75, 3.05) is 19.8 Å². The van der Waals surface area contributed by atoms with Gasteiger partial charge in [0.25, 0.3) is 5.56 Å². The number of benzene rings is 2. The lowest BCUT2D eigenvalue weighted by Gasteiger charge is -2.21. The van der Waals surface area contributed by atoms with Crippen LogP contribution in [-0.4, -0.2) is 42.6 Å². The van der Waals surface area contributed by atoms with Crippen LogP contribution in [0.15, 0.2) is 58.2 Å². The van der Waals surface area contributed by atoms with Crippen molar-refractivity contribution in [2.24, 2.45) is 0 Å². The van der Waals surface area contributed by atoms with E-state index in [9.17, 15) is 18.3 Å². The van der Waals surface area contributed by atoms with Crippen LogP contribution in [0.2, 0.25) is 5.02 Å². The van der Waals surface area contributed by atoms with Crippen molar-refractivity contribution in [3.05, 3.63) is 69.5 Å². The lowest BCUT2D eigenvalue weighted by molar-refractivity contribution is 0.251. The molecule has 0 saturated heterocycles. The van der Waals surface area contributed by atoms with Crippen molar-refractivity contribution >= 4 is 32.5 Å². The fourth-order valence-corrected chi connectivity index (χ4v) is 4.48. The minimum atomic E-state index is -3.93. The highest BCUT2D eigenvalue weighted by atomic mass is 35.5. The number of aliphatic hydroxyl groups excluding tert-OH is 1. The molecule has 154 valence electrons. The van der Waals surface area contributed by atoms with Gasteiger partial charge in [-0.05, 0) is 55.5 Å². The number of ether oxygens (including phenoxy) is 1. The summed E-state index contributed by atoms with van der Waals surface area (Å²) in [6, 6.07) is 12.6. The van der Waals surface area contributed by atoms with Gasteiger partial charge in [0.1, 0.15) is 5.75 Å². The number of halogens is 1. The third kappa shape index (κ3) is 4.79. The van der Waals surface area contributed by atoms with Crippen LogP contribution in [-0.2, 0) is 16.6 Å². The summed E-state index contributed by atoms with van der Waals surface area (Å²) in [5.74, 6) is 0.652. The molecule has 0 spiro atoms. The summed E-state index contributed by atoms with van der Waals surface area (Å²) in [5.41, 5.74) is 0.490. The molecule has 29 heavy (non-hydrogen) atoms. The SMILES string of the molecule is CCOc1ccc2[nH]c(=O)c(CN(CCO)S(=O)(=O)c3ccc(Cl)cc3)cc2c1. The van der Waals surface area contributed by atoms with Crippen LogP contribution in [0.5, 0.6) is 5.75 Å². The average molecular weight is 437 g/mol. The first-order valence-corrected chi connectivity index (χ1v) is 10.8. The number of fused-ring (bicyclic) bond motifs is 1. The zero-order valence-corrected chi connectivity index (χ0v) is 17.3. The van der Waals surface area contributed by atoms with Gasteiger partial charge in [-0.25, -0.2) is 8.42 Å². The topological polar surface area (TPSA) is 99.7 Å². The molecule has 2 N–H and O–H groups in total. The zero-order valence-electron chi connectivity index (χ0n) is 15.8. The van der Waals surface area contributed by atoms with E-state index < -0.39 is 15.6 Å². The summed E-state index contributed by atoms with van der Waals surface area (Å²) in [6.07, 6.45) is 0. The molecule has 0 atom stereocenters. The second-order valence-electron chi connectivity index (χ2n) is 6.32. The summed E-state index contributed by atoms with van der Waals surface area (Å²) in [5, 5.41) is 10.5. The first kappa shape index (κ1) is 21.3. The number of pyridine rings is 1. The van der Waals surface area contributed by atoms with Crippen LogP contribution < -0.4 is 10.3 Å². The number of H-pyrrole nitrogens is 1. The molecule has 2 aromatic carbocycles. The van der Waals surface area contributed by atoms with E-state index in [4.69, 9.17) is 16.3 Å². The van der Waals surface area contributed by atoms with Gasteiger partial charge in [0, 0.05) is 34.6 Å². The van der Waals surface area contributed by atoms with E-state index in [0.717, 1.165) is 9.69 Å². The van der Waals surface area contributed by atoms with Gasteiger partial charge in [-0.15, -0.1) is 0 Å². The maximum atomic E-state index is 13.0. The van der Waals surface area contributed by atoms with Gasteiger partial charge in [0.2, 0.25) is 10.0 Å². The molecule has 3 rings (SSSR count). The molecule has 0 amide bonds. The molecular weight excluding hydrogens is 416 g/mol. The first-order valence-electron chi connectivity index (χ1n) is 9.00. The maximum absolute atomic E-state index is 13.0. The van der Waals surface area contributed by atoms with Crippen molar-refractivity contribution in [2.45, 2.75) is 18.4 Å². The molecule has 3 aromatic rings. The molecule has 7 nitrogen and oxygen atoms in total. The first-order chi connectivity index (χ1) is 13.8. The number of aliphatic hydroxyl groups is 1. The summed E-state index contributed by atoms with van der Waals surface area (Å²) in [6.45, 7) is 1.66. The third-order valence-corrected chi connectivity index (χ3v) is 6.46. The minimum Gasteiger partial charge on any atom is -0.494 e. The quantitative estimate of drug-likeness (QED) is 0.565. The molecule has 0 unspecified atom stereocenters. The van der Waals surface area contributed by atoms with Gasteiger partial charge in [0.15, 0.2) is 0 Å². The summed E-state index contributed by atoms with van der Waals surface area (Å²) in [7, 11) is -3.93. The normalized spacial score (nSPS) is 11.9. The number of rotatable bonds is 8. The van der Waals surface area contributed by atoms with Crippen LogP contribution in [0, 0.1) is 0 Å². The van der Waals surface area contributed by atoms with Crippen molar-refractivity contribution in [3.63, 3.8) is 0 Å². The minimum absolute atomic E-state index is 0.0335. The smallest absolute Gasteiger partial charge is 0.252 e. The Morgan fingerprint density at radius 1 is 1.14 bits per heavy atom. The van der Waals surface area contributed by atoms with Crippen LogP contribution in [0.1, 0.15) is 12.5 Å². The van der Waals surface area contributed by atoms with Crippen LogP contribution in [0.25, 0.3) is 10.9 Å². The Morgan fingerprint density at radius 2 is 1.86 bits per heavy atom. The molecule has 0 aliphatic carbocycles. The number of aromatic amines is 1. The Morgan fingerprint density at radius 3 is 2.52 bits per heavy atom. The molecule has 9 heteroatoms. The highest BCUT2D eigenvalue weighted by molar-refractivity contribution is 7.89. The van der Waals surface area contributed by atoms with E-state index >= 15 is 0 Å². The second-order valence-corrected chi connectivity index (χ2v) is 8.70. The van der Waals surface area contributed by atoms with Crippen molar-refractivity contribution in [1.29, 1.82) is 0 Å². The third-order valence-electron chi connectivity index (χ3n) is 4.35. The molecule has 0 radical (unpaired) electrons. The highest BCUT2D eigenvalue weighted by Crippen LogP contribution is 2.22. The lowest BCUT2D eigenvalue weighted by Crippen LogP contribution is -2.35. The number of nitrogens with zero attached hydrogens (tertiary/aromatic N) is 1. The van der Waals surface area contributed by atoms with Crippen LogP contribution >= 0.6 is 11.6 Å². The Bertz CT molecular complexity index is 1160. The largest absolute Gasteiger partial charge is 0.494 e. The molecule has 0 bridgehead atoms. The van der Waals surface area contributed by atoms with E-state index in [0.29, 0.717) is 22.9 Å². The van der Waals surface area contributed by atoms with Gasteiger partial charge in [0.05, 0.1) is 18.1 Å². The summed E-state index contributed by atoms with van der Waals surface area (Å²) in [4.78, 5) is 15.3. The zero-order chi connectivity index (χ0) is 21.0. The molecule has 0 fully saturated rings. The monoisotopic (exact) mass is 436 g/mol. The summed E-state index contributed by atoms with van der Waals surface area (Å²) < 4.78 is 32.5. The number of aromatic nitrogens is 1. The van der Waals surface area contributed by atoms with Crippen molar-refractivity contribution in [3.8, 4) is 5.75 Å². The summed E-state index contributed by atoms with van der Waals surface area (Å²) >= 11 is 5.84. The van der Waals surface area contributed by atoms with E-state index in [1.807, 2.05) is 6.92 Å². The molecule has 0 saturated carbocycles. The molecule has 1 heterocycles. The Hall–Kier alpha value is -2.39. The Labute approximate surface area is 173 Å². The van der Waals surface area contributed by atoms with Crippen LogP contribution in [0.3, 0.4) is 0 Å². The fourth-order valence-electron chi connectivity index (χ4n) is 2.95. The predicted molar refractivity (Wildman–Crippen MR) is 112 cm³/mol. The standard InChI is InChI=1S/C20H21ClN2O5S/c1-2-28-17-5-8-19-14(12-17)11-15(20(25)22-19)13-23(9-10-24)29(26,27)18-6-3-16(21)4-7-18/h3-8,11-12,24H,2,9-10,13H2,1H3,(H,22,25). The van der Waals surface area contributed by atoms with Gasteiger partial charge >= 0.3 is 0 Å². The van der Waals surface area contributed by atoms with Gasteiger partial charge < -0.3 is 14.8 Å². The number of hydrogen-bond donors (Lipinski definition) is 2. The number of sulfonamides is 1. The van der Waals surface area contributed by atoms with Gasteiger partial charge in [-0.3, -0.25) is 4.79 Å². The van der Waals surface area contributed by atoms with Crippen LogP contribution in [0.4, 0.5) is 0 Å².